The van der Waals surface area contributed by atoms with Gasteiger partial charge in [-0.05, 0) is 31.5 Å². The summed E-state index contributed by atoms with van der Waals surface area (Å²) in [6, 6.07) is 4.36. The number of halogens is 1. The summed E-state index contributed by atoms with van der Waals surface area (Å²) in [5.41, 5.74) is 1.25. The Hall–Kier alpha value is -1.42. The normalized spacial score (nSPS) is 19.7. The third-order valence-corrected chi connectivity index (χ3v) is 3.16. The van der Waals surface area contributed by atoms with E-state index in [9.17, 15) is 9.18 Å². The largest absolute Gasteiger partial charge is 0.380 e. The number of ether oxygens (including phenoxy) is 1. The van der Waals surface area contributed by atoms with Crippen molar-refractivity contribution in [3.63, 3.8) is 0 Å². The quantitative estimate of drug-likeness (QED) is 0.755. The van der Waals surface area contributed by atoms with Crippen LogP contribution >= 0.6 is 0 Å². The zero-order valence-corrected chi connectivity index (χ0v) is 10.1. The Labute approximate surface area is 100 Å². The standard InChI is InChI=1S/C13H16FNO2/c1-9(16)12-7-10(14)3-4-13(12)15-6-5-11(8-15)17-2/h3-4,7,11H,5-6,8H2,1-2H3. The molecule has 0 radical (unpaired) electrons. The van der Waals surface area contributed by atoms with E-state index < -0.39 is 0 Å². The third kappa shape index (κ3) is 2.47. The Morgan fingerprint density at radius 2 is 2.29 bits per heavy atom. The molecular weight excluding hydrogens is 221 g/mol. The zero-order valence-electron chi connectivity index (χ0n) is 10.1. The fraction of sp³-hybridized carbons (Fsp3) is 0.462. The van der Waals surface area contributed by atoms with Crippen LogP contribution in [0.3, 0.4) is 0 Å². The second-order valence-electron chi connectivity index (χ2n) is 4.31. The maximum absolute atomic E-state index is 13.1. The lowest BCUT2D eigenvalue weighted by Gasteiger charge is -2.21. The molecule has 0 amide bonds. The first-order chi connectivity index (χ1) is 8.11. The van der Waals surface area contributed by atoms with Crippen LogP contribution in [0.5, 0.6) is 0 Å². The van der Waals surface area contributed by atoms with Gasteiger partial charge in [-0.1, -0.05) is 0 Å². The van der Waals surface area contributed by atoms with E-state index in [1.54, 1.807) is 13.2 Å². The van der Waals surface area contributed by atoms with Crippen molar-refractivity contribution in [3.8, 4) is 0 Å². The average molecular weight is 237 g/mol. The molecule has 1 aromatic carbocycles. The minimum absolute atomic E-state index is 0.111. The predicted octanol–water partition coefficient (Wildman–Crippen LogP) is 2.25. The Kier molecular flexibility index (Phi) is 3.43. The summed E-state index contributed by atoms with van der Waals surface area (Å²) in [6.45, 7) is 3.05. The lowest BCUT2D eigenvalue weighted by Crippen LogP contribution is -2.24. The van der Waals surface area contributed by atoms with Crippen LogP contribution in [0, 0.1) is 5.82 Å². The molecule has 1 atom stereocenters. The summed E-state index contributed by atoms with van der Waals surface area (Å²) >= 11 is 0. The van der Waals surface area contributed by atoms with Crippen molar-refractivity contribution < 1.29 is 13.9 Å². The van der Waals surface area contributed by atoms with Crippen molar-refractivity contribution in [3.05, 3.63) is 29.6 Å². The van der Waals surface area contributed by atoms with E-state index in [2.05, 4.69) is 4.90 Å². The second kappa shape index (κ2) is 4.84. The van der Waals surface area contributed by atoms with Crippen LogP contribution in [-0.4, -0.2) is 32.1 Å². The van der Waals surface area contributed by atoms with Crippen LogP contribution in [-0.2, 0) is 4.74 Å². The van der Waals surface area contributed by atoms with Crippen LogP contribution in [0.15, 0.2) is 18.2 Å². The molecule has 0 bridgehead atoms. The van der Waals surface area contributed by atoms with Gasteiger partial charge >= 0.3 is 0 Å². The molecule has 0 N–H and O–H groups in total. The second-order valence-corrected chi connectivity index (χ2v) is 4.31. The van der Waals surface area contributed by atoms with Gasteiger partial charge in [0.25, 0.3) is 0 Å². The Morgan fingerprint density at radius 3 is 2.88 bits per heavy atom. The maximum atomic E-state index is 13.1. The van der Waals surface area contributed by atoms with Crippen LogP contribution in [0.1, 0.15) is 23.7 Å². The van der Waals surface area contributed by atoms with Crippen molar-refractivity contribution in [1.82, 2.24) is 0 Å². The van der Waals surface area contributed by atoms with Gasteiger partial charge in [0.2, 0.25) is 0 Å². The molecule has 92 valence electrons. The van der Waals surface area contributed by atoms with Gasteiger partial charge < -0.3 is 9.64 Å². The van der Waals surface area contributed by atoms with Gasteiger partial charge in [-0.15, -0.1) is 0 Å². The summed E-state index contributed by atoms with van der Waals surface area (Å²) in [5, 5.41) is 0. The number of carbonyl (C=O) groups is 1. The molecule has 0 aliphatic carbocycles. The summed E-state index contributed by atoms with van der Waals surface area (Å²) in [4.78, 5) is 13.6. The fourth-order valence-corrected chi connectivity index (χ4v) is 2.21. The number of hydrogen-bond donors (Lipinski definition) is 0. The highest BCUT2D eigenvalue weighted by Crippen LogP contribution is 2.26. The first-order valence-electron chi connectivity index (χ1n) is 5.70. The number of ketones is 1. The van der Waals surface area contributed by atoms with Gasteiger partial charge in [-0.25, -0.2) is 4.39 Å². The molecular formula is C13H16FNO2. The van der Waals surface area contributed by atoms with E-state index in [0.717, 1.165) is 25.2 Å². The number of Topliss-reactive ketones (excluding diaryl/α,β-unsaturated/α-hetero) is 1. The molecule has 0 spiro atoms. The van der Waals surface area contributed by atoms with Crippen LogP contribution in [0.4, 0.5) is 10.1 Å². The lowest BCUT2D eigenvalue weighted by molar-refractivity contribution is 0.101. The predicted molar refractivity (Wildman–Crippen MR) is 64.0 cm³/mol. The fourth-order valence-electron chi connectivity index (χ4n) is 2.21. The highest BCUT2D eigenvalue weighted by atomic mass is 19.1. The summed E-state index contributed by atoms with van der Waals surface area (Å²) in [7, 11) is 1.69. The summed E-state index contributed by atoms with van der Waals surface area (Å²) in [6.07, 6.45) is 1.13. The smallest absolute Gasteiger partial charge is 0.161 e. The number of carbonyl (C=O) groups excluding carboxylic acids is 1. The number of methoxy groups -OCH3 is 1. The summed E-state index contributed by atoms with van der Waals surface area (Å²) in [5.74, 6) is -0.484. The van der Waals surface area contributed by atoms with Crippen molar-refractivity contribution in [2.45, 2.75) is 19.4 Å². The Morgan fingerprint density at radius 1 is 1.53 bits per heavy atom. The molecule has 2 rings (SSSR count). The lowest BCUT2D eigenvalue weighted by atomic mass is 10.1. The molecule has 3 nitrogen and oxygen atoms in total. The van der Waals surface area contributed by atoms with Crippen molar-refractivity contribution in [1.29, 1.82) is 0 Å². The molecule has 17 heavy (non-hydrogen) atoms. The Balaban J connectivity index is 2.29. The topological polar surface area (TPSA) is 29.5 Å². The first kappa shape index (κ1) is 12.0. The van der Waals surface area contributed by atoms with Gasteiger partial charge in [-0.2, -0.15) is 0 Å². The van der Waals surface area contributed by atoms with Crippen molar-refractivity contribution >= 4 is 11.5 Å². The molecule has 1 aliphatic rings. The van der Waals surface area contributed by atoms with Crippen LogP contribution < -0.4 is 4.90 Å². The Bertz CT molecular complexity index is 433. The van der Waals surface area contributed by atoms with Gasteiger partial charge in [0.1, 0.15) is 5.82 Å². The number of hydrogen-bond acceptors (Lipinski definition) is 3. The van der Waals surface area contributed by atoms with Crippen molar-refractivity contribution in [2.75, 3.05) is 25.1 Å². The monoisotopic (exact) mass is 237 g/mol. The van der Waals surface area contributed by atoms with E-state index in [1.807, 2.05) is 0 Å². The molecule has 4 heteroatoms. The van der Waals surface area contributed by atoms with E-state index >= 15 is 0 Å². The van der Waals surface area contributed by atoms with E-state index in [0.29, 0.717) is 5.56 Å². The van der Waals surface area contributed by atoms with Crippen LogP contribution in [0.25, 0.3) is 0 Å². The first-order valence-corrected chi connectivity index (χ1v) is 5.70. The molecule has 1 unspecified atom stereocenters. The molecule has 1 aromatic rings. The molecule has 1 heterocycles. The van der Waals surface area contributed by atoms with Crippen LogP contribution in [0.2, 0.25) is 0 Å². The highest BCUT2D eigenvalue weighted by molar-refractivity contribution is 5.99. The maximum Gasteiger partial charge on any atom is 0.161 e. The molecule has 1 saturated heterocycles. The van der Waals surface area contributed by atoms with Gasteiger partial charge in [-0.3, -0.25) is 4.79 Å². The highest BCUT2D eigenvalue weighted by Gasteiger charge is 2.24. The minimum atomic E-state index is -0.374. The average Bonchev–Trinajstić information content (AvgIpc) is 2.77. The molecule has 1 aliphatic heterocycles. The van der Waals surface area contributed by atoms with Gasteiger partial charge in [0.05, 0.1) is 6.10 Å². The number of nitrogens with zero attached hydrogens (tertiary/aromatic N) is 1. The number of anilines is 1. The van der Waals surface area contributed by atoms with E-state index in [1.165, 1.54) is 19.1 Å². The van der Waals surface area contributed by atoms with E-state index in [4.69, 9.17) is 4.74 Å². The summed E-state index contributed by atoms with van der Waals surface area (Å²) < 4.78 is 18.4. The minimum Gasteiger partial charge on any atom is -0.380 e. The van der Waals surface area contributed by atoms with Gasteiger partial charge in [0.15, 0.2) is 5.78 Å². The molecule has 1 fully saturated rings. The zero-order chi connectivity index (χ0) is 12.4. The third-order valence-electron chi connectivity index (χ3n) is 3.16. The molecule has 0 aromatic heterocycles. The number of benzene rings is 1. The molecule has 0 saturated carbocycles. The van der Waals surface area contributed by atoms with Crippen molar-refractivity contribution in [2.24, 2.45) is 0 Å². The van der Waals surface area contributed by atoms with Gasteiger partial charge in [0, 0.05) is 31.5 Å². The van der Waals surface area contributed by atoms with E-state index in [-0.39, 0.29) is 17.7 Å². The number of rotatable bonds is 3. The SMILES string of the molecule is COC1CCN(c2ccc(F)cc2C(C)=O)C1.